The Balaban J connectivity index is 2.15. The first-order valence-corrected chi connectivity index (χ1v) is 5.15. The number of carbonyl (C=O) groups is 1. The van der Waals surface area contributed by atoms with E-state index in [-0.39, 0.29) is 12.8 Å². The van der Waals surface area contributed by atoms with E-state index in [4.69, 9.17) is 9.63 Å². The molecule has 1 N–H and O–H groups in total. The van der Waals surface area contributed by atoms with E-state index in [1.807, 2.05) is 36.1 Å². The highest BCUT2D eigenvalue weighted by Crippen LogP contribution is 2.13. The summed E-state index contributed by atoms with van der Waals surface area (Å²) in [5, 5.41) is 12.4. The molecule has 2 rings (SSSR count). The second-order valence-electron chi connectivity index (χ2n) is 3.66. The standard InChI is InChI=1S/C11H11N3O3/c1-14-6-2-3-8(7-14)11-12-9(17-13-11)4-5-10(15)16/h2-3,6-7H,4-5H2,1H3/p+1. The van der Waals surface area contributed by atoms with Crippen molar-refractivity contribution >= 4 is 5.97 Å². The third-order valence-electron chi connectivity index (χ3n) is 2.22. The zero-order valence-electron chi connectivity index (χ0n) is 9.33. The van der Waals surface area contributed by atoms with Crippen LogP contribution in [0.3, 0.4) is 0 Å². The fourth-order valence-corrected chi connectivity index (χ4v) is 1.41. The lowest BCUT2D eigenvalue weighted by atomic mass is 10.2. The van der Waals surface area contributed by atoms with E-state index in [0.717, 1.165) is 5.56 Å². The second-order valence-corrected chi connectivity index (χ2v) is 3.66. The molecule has 2 aromatic rings. The Kier molecular flexibility index (Phi) is 3.13. The summed E-state index contributed by atoms with van der Waals surface area (Å²) in [5.74, 6) is -0.0636. The van der Waals surface area contributed by atoms with Gasteiger partial charge in [0.15, 0.2) is 12.4 Å². The Labute approximate surface area is 97.5 Å². The van der Waals surface area contributed by atoms with E-state index in [0.29, 0.717) is 11.7 Å². The summed E-state index contributed by atoms with van der Waals surface area (Å²) in [7, 11) is 1.90. The molecule has 0 aliphatic carbocycles. The molecule has 88 valence electrons. The maximum absolute atomic E-state index is 10.4. The van der Waals surface area contributed by atoms with Crippen molar-refractivity contribution in [3.05, 3.63) is 30.4 Å². The number of rotatable bonds is 4. The second kappa shape index (κ2) is 4.73. The highest BCUT2D eigenvalue weighted by Gasteiger charge is 2.11. The molecule has 0 bridgehead atoms. The predicted octanol–water partition coefficient (Wildman–Crippen LogP) is 0.578. The number of nitrogens with zero attached hydrogens (tertiary/aromatic N) is 3. The number of aromatic nitrogens is 3. The Bertz CT molecular complexity index is 536. The third kappa shape index (κ3) is 2.87. The molecule has 6 heteroatoms. The molecule has 0 amide bonds. The monoisotopic (exact) mass is 234 g/mol. The van der Waals surface area contributed by atoms with Crippen molar-refractivity contribution in [3.63, 3.8) is 0 Å². The number of pyridine rings is 1. The van der Waals surface area contributed by atoms with Crippen LogP contribution in [0.5, 0.6) is 0 Å². The van der Waals surface area contributed by atoms with Crippen molar-refractivity contribution in [2.75, 3.05) is 0 Å². The average Bonchev–Trinajstić information content (AvgIpc) is 2.75. The van der Waals surface area contributed by atoms with Crippen molar-refractivity contribution in [3.8, 4) is 11.4 Å². The van der Waals surface area contributed by atoms with Gasteiger partial charge in [-0.05, 0) is 6.07 Å². The molecule has 2 heterocycles. The van der Waals surface area contributed by atoms with E-state index in [1.54, 1.807) is 0 Å². The normalized spacial score (nSPS) is 10.4. The summed E-state index contributed by atoms with van der Waals surface area (Å²) in [6, 6.07) is 3.74. The summed E-state index contributed by atoms with van der Waals surface area (Å²) in [6.07, 6.45) is 4.01. The van der Waals surface area contributed by atoms with Crippen LogP contribution >= 0.6 is 0 Å². The average molecular weight is 234 g/mol. The molecule has 0 fully saturated rings. The van der Waals surface area contributed by atoms with Gasteiger partial charge in [-0.1, -0.05) is 5.16 Å². The van der Waals surface area contributed by atoms with Crippen molar-refractivity contribution in [2.24, 2.45) is 7.05 Å². The summed E-state index contributed by atoms with van der Waals surface area (Å²) in [4.78, 5) is 14.5. The molecule has 6 nitrogen and oxygen atoms in total. The van der Waals surface area contributed by atoms with E-state index in [1.165, 1.54) is 0 Å². The van der Waals surface area contributed by atoms with Crippen LogP contribution < -0.4 is 4.57 Å². The zero-order valence-corrected chi connectivity index (χ0v) is 9.33. The molecule has 0 atom stereocenters. The van der Waals surface area contributed by atoms with Crippen molar-refractivity contribution < 1.29 is 19.0 Å². The lowest BCUT2D eigenvalue weighted by Gasteiger charge is -1.90. The van der Waals surface area contributed by atoms with Crippen LogP contribution in [0.1, 0.15) is 12.3 Å². The number of aryl methyl sites for hydroxylation is 2. The van der Waals surface area contributed by atoms with Crippen LogP contribution in [0.2, 0.25) is 0 Å². The lowest BCUT2D eigenvalue weighted by molar-refractivity contribution is -0.671. The minimum absolute atomic E-state index is 0.00972. The van der Waals surface area contributed by atoms with Gasteiger partial charge in [0.1, 0.15) is 7.05 Å². The molecule has 17 heavy (non-hydrogen) atoms. The van der Waals surface area contributed by atoms with Gasteiger partial charge in [0.05, 0.1) is 12.0 Å². The zero-order chi connectivity index (χ0) is 12.3. The van der Waals surface area contributed by atoms with Gasteiger partial charge in [-0.15, -0.1) is 0 Å². The van der Waals surface area contributed by atoms with Gasteiger partial charge < -0.3 is 9.63 Å². The molecule has 0 radical (unpaired) electrons. The summed E-state index contributed by atoms with van der Waals surface area (Å²) >= 11 is 0. The van der Waals surface area contributed by atoms with E-state index >= 15 is 0 Å². The first kappa shape index (κ1) is 11.3. The summed E-state index contributed by atoms with van der Waals surface area (Å²) in [6.45, 7) is 0. The fourth-order valence-electron chi connectivity index (χ4n) is 1.41. The Morgan fingerprint density at radius 2 is 2.41 bits per heavy atom. The molecule has 0 unspecified atom stereocenters. The Morgan fingerprint density at radius 1 is 1.59 bits per heavy atom. The summed E-state index contributed by atoms with van der Waals surface area (Å²) < 4.78 is 6.85. The molecule has 0 aliphatic heterocycles. The van der Waals surface area contributed by atoms with E-state index < -0.39 is 5.97 Å². The SMILES string of the molecule is C[n+]1cccc(-c2noc(CCC(=O)O)n2)c1. The Hall–Kier alpha value is -2.24. The molecule has 0 aliphatic rings. The first-order valence-electron chi connectivity index (χ1n) is 5.15. The van der Waals surface area contributed by atoms with Crippen molar-refractivity contribution in [1.82, 2.24) is 10.1 Å². The van der Waals surface area contributed by atoms with Gasteiger partial charge in [0, 0.05) is 12.5 Å². The molecule has 0 aromatic carbocycles. The van der Waals surface area contributed by atoms with Gasteiger partial charge in [-0.25, -0.2) is 4.57 Å². The molecule has 2 aromatic heterocycles. The largest absolute Gasteiger partial charge is 0.481 e. The van der Waals surface area contributed by atoms with E-state index in [9.17, 15) is 4.79 Å². The quantitative estimate of drug-likeness (QED) is 0.782. The molecule has 0 saturated carbocycles. The topological polar surface area (TPSA) is 80.1 Å². The van der Waals surface area contributed by atoms with Crippen LogP contribution in [-0.4, -0.2) is 21.2 Å². The van der Waals surface area contributed by atoms with Gasteiger partial charge in [0.25, 0.3) is 0 Å². The van der Waals surface area contributed by atoms with Gasteiger partial charge >= 0.3 is 5.97 Å². The van der Waals surface area contributed by atoms with Crippen LogP contribution in [0.15, 0.2) is 29.0 Å². The fraction of sp³-hybridized carbons (Fsp3) is 0.273. The van der Waals surface area contributed by atoms with Crippen molar-refractivity contribution in [1.29, 1.82) is 0 Å². The lowest BCUT2D eigenvalue weighted by Crippen LogP contribution is -2.26. The van der Waals surface area contributed by atoms with Crippen LogP contribution in [0.25, 0.3) is 11.4 Å². The van der Waals surface area contributed by atoms with Gasteiger partial charge in [-0.2, -0.15) is 4.98 Å². The molecular formula is C11H12N3O3+. The third-order valence-corrected chi connectivity index (χ3v) is 2.22. The van der Waals surface area contributed by atoms with Gasteiger partial charge in [-0.3, -0.25) is 4.79 Å². The van der Waals surface area contributed by atoms with Gasteiger partial charge in [0.2, 0.25) is 11.7 Å². The number of aliphatic carboxylic acids is 1. The molecule has 0 spiro atoms. The number of hydrogen-bond acceptors (Lipinski definition) is 4. The Morgan fingerprint density at radius 3 is 3.12 bits per heavy atom. The number of carboxylic acid groups (broad SMARTS) is 1. The maximum atomic E-state index is 10.4. The van der Waals surface area contributed by atoms with Crippen LogP contribution in [0, 0.1) is 0 Å². The van der Waals surface area contributed by atoms with Crippen LogP contribution in [0.4, 0.5) is 0 Å². The minimum Gasteiger partial charge on any atom is -0.481 e. The minimum atomic E-state index is -0.879. The molecule has 0 saturated heterocycles. The number of carboxylic acids is 1. The highest BCUT2D eigenvalue weighted by molar-refractivity contribution is 5.66. The highest BCUT2D eigenvalue weighted by atomic mass is 16.5. The smallest absolute Gasteiger partial charge is 0.303 e. The predicted molar refractivity (Wildman–Crippen MR) is 56.9 cm³/mol. The number of hydrogen-bond donors (Lipinski definition) is 1. The van der Waals surface area contributed by atoms with E-state index in [2.05, 4.69) is 10.1 Å². The first-order chi connectivity index (χ1) is 8.15. The van der Waals surface area contributed by atoms with Crippen molar-refractivity contribution in [2.45, 2.75) is 12.8 Å². The summed E-state index contributed by atoms with van der Waals surface area (Å²) in [5.41, 5.74) is 0.834. The maximum Gasteiger partial charge on any atom is 0.303 e. The molecular weight excluding hydrogens is 222 g/mol. The van der Waals surface area contributed by atoms with Crippen LogP contribution in [-0.2, 0) is 18.3 Å².